The monoisotopic (exact) mass is 470 g/mol. The van der Waals surface area contributed by atoms with Gasteiger partial charge in [0.2, 0.25) is 0 Å². The molecular formula is C29H42O3S. The first kappa shape index (κ1) is 21.5. The first-order valence-electron chi connectivity index (χ1n) is 14.1. The maximum Gasteiger partial charge on any atom is 0.178 e. The van der Waals surface area contributed by atoms with E-state index >= 15 is 0 Å². The summed E-state index contributed by atoms with van der Waals surface area (Å²) in [6.45, 7) is 5.40. The van der Waals surface area contributed by atoms with Gasteiger partial charge in [0.05, 0.1) is 18.1 Å². The van der Waals surface area contributed by atoms with Crippen LogP contribution < -0.4 is 9.47 Å². The highest BCUT2D eigenvalue weighted by atomic mass is 32.1. The van der Waals surface area contributed by atoms with Crippen LogP contribution in [-0.2, 0) is 5.60 Å². The van der Waals surface area contributed by atoms with Crippen LogP contribution in [0.3, 0.4) is 0 Å². The van der Waals surface area contributed by atoms with Crippen molar-refractivity contribution in [1.82, 2.24) is 0 Å². The van der Waals surface area contributed by atoms with Gasteiger partial charge in [0.15, 0.2) is 11.5 Å². The molecule has 0 atom stereocenters. The van der Waals surface area contributed by atoms with Gasteiger partial charge in [-0.3, -0.25) is 0 Å². The van der Waals surface area contributed by atoms with Gasteiger partial charge in [-0.1, -0.05) is 0 Å². The number of ether oxygens (including phenoxy) is 2. The van der Waals surface area contributed by atoms with Gasteiger partial charge in [-0.05, 0) is 126 Å². The number of aliphatic hydroxyl groups is 1. The largest absolute Gasteiger partial charge is 0.489 e. The maximum atomic E-state index is 13.7. The molecular weight excluding hydrogens is 428 g/mol. The molecule has 0 aromatic carbocycles. The molecule has 0 amide bonds. The smallest absolute Gasteiger partial charge is 0.178 e. The lowest BCUT2D eigenvalue weighted by molar-refractivity contribution is -0.276. The Morgan fingerprint density at radius 3 is 1.52 bits per heavy atom. The average molecular weight is 471 g/mol. The SMILES string of the molecule is CCOc1csc(C(O)(C23CC4CC(CC(C4)C2)C3)C23CC4CC(CC(C4)C2)C3)c1OCC. The third-order valence-corrected chi connectivity index (χ3v) is 12.3. The van der Waals surface area contributed by atoms with Crippen molar-refractivity contribution in [1.29, 1.82) is 0 Å². The lowest BCUT2D eigenvalue weighted by atomic mass is 9.36. The highest BCUT2D eigenvalue weighted by Gasteiger charge is 2.71. The van der Waals surface area contributed by atoms with Gasteiger partial charge in [0.1, 0.15) is 5.60 Å². The molecule has 8 saturated carbocycles. The van der Waals surface area contributed by atoms with Crippen molar-refractivity contribution in [3.05, 3.63) is 10.3 Å². The van der Waals surface area contributed by atoms with E-state index in [1.807, 2.05) is 0 Å². The minimum absolute atomic E-state index is 0.0353. The standard InChI is InChI=1S/C29H42O3S/c1-3-31-24-17-33-26(25(24)32-4-2)29(30,27-11-18-5-19(12-27)7-20(6-18)13-27)28-14-21-8-22(15-28)10-23(9-21)16-28/h17-23,30H,3-16H2,1-2H3. The Hall–Kier alpha value is -0.740. The molecule has 0 unspecified atom stereocenters. The lowest BCUT2D eigenvalue weighted by Crippen LogP contribution is -2.66. The number of hydrogen-bond acceptors (Lipinski definition) is 4. The van der Waals surface area contributed by atoms with Crippen molar-refractivity contribution in [3.8, 4) is 11.5 Å². The normalized spacial score (nSPS) is 46.5. The van der Waals surface area contributed by atoms with Crippen molar-refractivity contribution in [2.45, 2.75) is 96.5 Å². The Morgan fingerprint density at radius 2 is 1.15 bits per heavy atom. The first-order valence-corrected chi connectivity index (χ1v) is 15.0. The Balaban J connectivity index is 1.42. The molecule has 0 spiro atoms. The fourth-order valence-electron chi connectivity index (χ4n) is 11.3. The second-order valence-corrected chi connectivity index (χ2v) is 14.1. The van der Waals surface area contributed by atoms with Crippen LogP contribution in [0, 0.1) is 46.3 Å². The van der Waals surface area contributed by atoms with Gasteiger partial charge in [0.25, 0.3) is 0 Å². The number of hydrogen-bond donors (Lipinski definition) is 1. The topological polar surface area (TPSA) is 38.7 Å². The van der Waals surface area contributed by atoms with E-state index in [4.69, 9.17) is 9.47 Å². The minimum Gasteiger partial charge on any atom is -0.489 e. The molecule has 3 nitrogen and oxygen atoms in total. The molecule has 1 N–H and O–H groups in total. The summed E-state index contributed by atoms with van der Waals surface area (Å²) >= 11 is 1.76. The molecule has 8 fully saturated rings. The van der Waals surface area contributed by atoms with E-state index in [1.165, 1.54) is 77.0 Å². The highest BCUT2D eigenvalue weighted by Crippen LogP contribution is 2.76. The first-order chi connectivity index (χ1) is 16.0. The van der Waals surface area contributed by atoms with Crippen LogP contribution in [0.15, 0.2) is 5.38 Å². The molecule has 4 heteroatoms. The Kier molecular flexibility index (Phi) is 4.82. The van der Waals surface area contributed by atoms with Crippen molar-refractivity contribution in [2.24, 2.45) is 46.3 Å². The van der Waals surface area contributed by atoms with Crippen LogP contribution in [0.1, 0.15) is 95.8 Å². The van der Waals surface area contributed by atoms with Crippen molar-refractivity contribution >= 4 is 11.3 Å². The molecule has 1 aromatic rings. The number of thiophene rings is 1. The van der Waals surface area contributed by atoms with Crippen LogP contribution in [0.4, 0.5) is 0 Å². The van der Waals surface area contributed by atoms with E-state index in [0.717, 1.165) is 51.9 Å². The summed E-state index contributed by atoms with van der Waals surface area (Å²) in [7, 11) is 0. The van der Waals surface area contributed by atoms with Crippen LogP contribution >= 0.6 is 11.3 Å². The summed E-state index contributed by atoms with van der Waals surface area (Å²) in [4.78, 5) is 1.15. The van der Waals surface area contributed by atoms with Gasteiger partial charge in [-0.15, -0.1) is 11.3 Å². The molecule has 8 bridgehead atoms. The van der Waals surface area contributed by atoms with Gasteiger partial charge >= 0.3 is 0 Å². The molecule has 8 aliphatic rings. The predicted octanol–water partition coefficient (Wildman–Crippen LogP) is 7.17. The number of rotatable bonds is 7. The average Bonchev–Trinajstić information content (AvgIpc) is 3.14. The minimum atomic E-state index is -0.767. The Morgan fingerprint density at radius 1 is 0.758 bits per heavy atom. The highest BCUT2D eigenvalue weighted by molar-refractivity contribution is 7.10. The zero-order chi connectivity index (χ0) is 22.4. The third-order valence-electron chi connectivity index (χ3n) is 11.2. The van der Waals surface area contributed by atoms with E-state index in [2.05, 4.69) is 19.2 Å². The van der Waals surface area contributed by atoms with Gasteiger partial charge in [-0.25, -0.2) is 0 Å². The predicted molar refractivity (Wildman–Crippen MR) is 132 cm³/mol. The Labute approximate surface area is 203 Å². The lowest BCUT2D eigenvalue weighted by Gasteiger charge is -2.70. The molecule has 0 aliphatic heterocycles. The molecule has 9 rings (SSSR count). The fourth-order valence-corrected chi connectivity index (χ4v) is 12.5. The van der Waals surface area contributed by atoms with E-state index < -0.39 is 5.60 Å². The van der Waals surface area contributed by atoms with Gasteiger partial charge in [0, 0.05) is 16.2 Å². The van der Waals surface area contributed by atoms with E-state index in [0.29, 0.717) is 13.2 Å². The summed E-state index contributed by atoms with van der Waals surface area (Å²) in [5, 5.41) is 15.8. The zero-order valence-electron chi connectivity index (χ0n) is 20.6. The van der Waals surface area contributed by atoms with Crippen LogP contribution in [0.5, 0.6) is 11.5 Å². The summed E-state index contributed by atoms with van der Waals surface area (Å²) in [6.07, 6.45) is 16.0. The van der Waals surface area contributed by atoms with Crippen molar-refractivity contribution in [2.75, 3.05) is 13.2 Å². The molecule has 0 saturated heterocycles. The zero-order valence-corrected chi connectivity index (χ0v) is 21.4. The quantitative estimate of drug-likeness (QED) is 0.459. The maximum absolute atomic E-state index is 13.7. The van der Waals surface area contributed by atoms with E-state index in [9.17, 15) is 5.11 Å². The second-order valence-electron chi connectivity index (χ2n) is 13.2. The van der Waals surface area contributed by atoms with Crippen LogP contribution in [0.25, 0.3) is 0 Å². The molecule has 1 aromatic heterocycles. The summed E-state index contributed by atoms with van der Waals surface area (Å²) < 4.78 is 12.4. The van der Waals surface area contributed by atoms with Crippen molar-refractivity contribution in [3.63, 3.8) is 0 Å². The second kappa shape index (κ2) is 7.38. The van der Waals surface area contributed by atoms with Gasteiger partial charge < -0.3 is 14.6 Å². The third kappa shape index (κ3) is 2.89. The van der Waals surface area contributed by atoms with E-state index in [1.54, 1.807) is 11.3 Å². The fraction of sp³-hybridized carbons (Fsp3) is 0.862. The molecule has 1 heterocycles. The van der Waals surface area contributed by atoms with E-state index in [-0.39, 0.29) is 10.8 Å². The molecule has 0 radical (unpaired) electrons. The van der Waals surface area contributed by atoms with Crippen molar-refractivity contribution < 1.29 is 14.6 Å². The molecule has 33 heavy (non-hydrogen) atoms. The van der Waals surface area contributed by atoms with Gasteiger partial charge in [-0.2, -0.15) is 0 Å². The molecule has 182 valence electrons. The van der Waals surface area contributed by atoms with Crippen LogP contribution in [-0.4, -0.2) is 18.3 Å². The molecule has 8 aliphatic carbocycles. The summed E-state index contributed by atoms with van der Waals surface area (Å²) in [5.74, 6) is 6.75. The van der Waals surface area contributed by atoms with Crippen LogP contribution in [0.2, 0.25) is 0 Å². The summed E-state index contributed by atoms with van der Waals surface area (Å²) in [6, 6.07) is 0. The Bertz CT molecular complexity index is 801. The summed E-state index contributed by atoms with van der Waals surface area (Å²) in [5.41, 5.74) is -0.697.